The topological polar surface area (TPSA) is 119 Å². The molecule has 3 aromatic carbocycles. The molecule has 1 amide bonds. The molecule has 0 saturated heterocycles. The molecule has 0 fully saturated rings. The van der Waals surface area contributed by atoms with Crippen LogP contribution in [0.1, 0.15) is 17.5 Å². The van der Waals surface area contributed by atoms with Crippen LogP contribution in [0.15, 0.2) is 65.6 Å². The third-order valence-corrected chi connectivity index (χ3v) is 7.53. The Morgan fingerprint density at radius 3 is 2.49 bits per heavy atom. The van der Waals surface area contributed by atoms with Crippen LogP contribution in [-0.4, -0.2) is 39.4 Å². The van der Waals surface area contributed by atoms with Crippen LogP contribution in [0.2, 0.25) is 5.02 Å². The van der Waals surface area contributed by atoms with Crippen LogP contribution in [-0.2, 0) is 21.2 Å². The fourth-order valence-corrected chi connectivity index (χ4v) is 5.20. The van der Waals surface area contributed by atoms with Gasteiger partial charge in [0.1, 0.15) is 18.1 Å². The van der Waals surface area contributed by atoms with E-state index in [1.807, 2.05) is 0 Å². The number of rotatable bonds is 11. The number of nitrogens with zero attached hydrogens (tertiary/aromatic N) is 2. The largest absolute Gasteiger partial charge is 0.495 e. The van der Waals surface area contributed by atoms with Gasteiger partial charge in [-0.25, -0.2) is 12.8 Å². The highest BCUT2D eigenvalue weighted by molar-refractivity contribution is 7.92. The zero-order valence-electron chi connectivity index (χ0n) is 20.1. The first-order chi connectivity index (χ1) is 17.5. The first-order valence-electron chi connectivity index (χ1n) is 11.2. The fraction of sp³-hybridized carbons (Fsp3) is 0.240. The van der Waals surface area contributed by atoms with E-state index in [4.69, 9.17) is 16.3 Å². The Labute approximate surface area is 219 Å². The Hall–Kier alpha value is -3.70. The number of halogens is 2. The highest BCUT2D eigenvalue weighted by Gasteiger charge is 2.31. The van der Waals surface area contributed by atoms with E-state index < -0.39 is 27.4 Å². The van der Waals surface area contributed by atoms with Crippen molar-refractivity contribution in [2.75, 3.05) is 24.5 Å². The number of nitro benzene ring substituents is 1. The van der Waals surface area contributed by atoms with E-state index in [1.54, 1.807) is 12.1 Å². The third-order valence-electron chi connectivity index (χ3n) is 5.54. The molecule has 0 unspecified atom stereocenters. The van der Waals surface area contributed by atoms with Gasteiger partial charge in [-0.2, -0.15) is 0 Å². The van der Waals surface area contributed by atoms with Crippen molar-refractivity contribution in [3.05, 3.63) is 92.7 Å². The molecule has 0 spiro atoms. The van der Waals surface area contributed by atoms with Gasteiger partial charge in [-0.1, -0.05) is 29.8 Å². The van der Waals surface area contributed by atoms with E-state index in [1.165, 1.54) is 56.5 Å². The molecule has 3 rings (SSSR count). The lowest BCUT2D eigenvalue weighted by Crippen LogP contribution is -2.41. The monoisotopic (exact) mass is 549 g/mol. The number of nitro groups is 1. The summed E-state index contributed by atoms with van der Waals surface area (Å²) in [7, 11) is -3.12. The minimum atomic E-state index is -4.46. The molecule has 0 saturated carbocycles. The number of benzene rings is 3. The van der Waals surface area contributed by atoms with Gasteiger partial charge in [0.2, 0.25) is 5.91 Å². The zero-order valence-corrected chi connectivity index (χ0v) is 21.7. The van der Waals surface area contributed by atoms with E-state index >= 15 is 0 Å². The summed E-state index contributed by atoms with van der Waals surface area (Å²) in [6.45, 7) is 1.11. The van der Waals surface area contributed by atoms with Crippen molar-refractivity contribution in [2.24, 2.45) is 0 Å². The molecule has 0 radical (unpaired) electrons. The van der Waals surface area contributed by atoms with Crippen molar-refractivity contribution < 1.29 is 27.3 Å². The van der Waals surface area contributed by atoms with Crippen LogP contribution in [0.4, 0.5) is 15.8 Å². The molecule has 0 bridgehead atoms. The first kappa shape index (κ1) is 27.9. The molecule has 0 heterocycles. The van der Waals surface area contributed by atoms with Gasteiger partial charge in [-0.05, 0) is 61.7 Å². The van der Waals surface area contributed by atoms with Crippen LogP contribution in [0, 0.1) is 22.9 Å². The van der Waals surface area contributed by atoms with Crippen LogP contribution in [0.25, 0.3) is 0 Å². The number of ether oxygens (including phenoxy) is 1. The molecular weight excluding hydrogens is 525 g/mol. The summed E-state index contributed by atoms with van der Waals surface area (Å²) in [5.74, 6) is -0.807. The Balaban J connectivity index is 1.87. The number of anilines is 1. The average Bonchev–Trinajstić information content (AvgIpc) is 2.86. The summed E-state index contributed by atoms with van der Waals surface area (Å²) in [5.41, 5.74) is 0.809. The number of amides is 1. The third kappa shape index (κ3) is 6.95. The lowest BCUT2D eigenvalue weighted by atomic mass is 10.1. The lowest BCUT2D eigenvalue weighted by molar-refractivity contribution is -0.385. The highest BCUT2D eigenvalue weighted by atomic mass is 35.5. The Bertz CT molecular complexity index is 1400. The first-order valence-corrected chi connectivity index (χ1v) is 13.0. The Kier molecular flexibility index (Phi) is 9.06. The van der Waals surface area contributed by atoms with E-state index in [9.17, 15) is 27.7 Å². The second-order valence-electron chi connectivity index (χ2n) is 8.11. The van der Waals surface area contributed by atoms with E-state index in [0.29, 0.717) is 12.8 Å². The smallest absolute Gasteiger partial charge is 0.273 e. The van der Waals surface area contributed by atoms with Crippen LogP contribution < -0.4 is 14.4 Å². The van der Waals surface area contributed by atoms with E-state index in [2.05, 4.69) is 5.32 Å². The molecule has 196 valence electrons. The minimum absolute atomic E-state index is 0.000287. The number of aryl methyl sites for hydroxylation is 2. The predicted molar refractivity (Wildman–Crippen MR) is 138 cm³/mol. The number of carbonyl (C=O) groups excluding carboxylic acids is 1. The van der Waals surface area contributed by atoms with Gasteiger partial charge in [-0.15, -0.1) is 0 Å². The summed E-state index contributed by atoms with van der Waals surface area (Å²) in [4.78, 5) is 23.2. The summed E-state index contributed by atoms with van der Waals surface area (Å²) < 4.78 is 46.5. The highest BCUT2D eigenvalue weighted by Crippen LogP contribution is 2.35. The summed E-state index contributed by atoms with van der Waals surface area (Å²) in [6.07, 6.45) is 1.12. The van der Waals surface area contributed by atoms with Gasteiger partial charge in [-0.3, -0.25) is 19.2 Å². The molecule has 1 N–H and O–H groups in total. The quantitative estimate of drug-likeness (QED) is 0.211. The minimum Gasteiger partial charge on any atom is -0.495 e. The lowest BCUT2D eigenvalue weighted by Gasteiger charge is -2.26. The number of hydrogen-bond acceptors (Lipinski definition) is 6. The van der Waals surface area contributed by atoms with Crippen LogP contribution >= 0.6 is 11.6 Å². The molecular formula is C25H25ClFN3O6S. The number of sulfonamides is 1. The maximum atomic E-state index is 13.7. The van der Waals surface area contributed by atoms with E-state index in [0.717, 1.165) is 15.9 Å². The van der Waals surface area contributed by atoms with Crippen molar-refractivity contribution in [1.82, 2.24) is 5.32 Å². The number of nitrogens with one attached hydrogen (secondary N) is 1. The van der Waals surface area contributed by atoms with Crippen molar-refractivity contribution in [1.29, 1.82) is 0 Å². The van der Waals surface area contributed by atoms with Crippen molar-refractivity contribution in [2.45, 2.75) is 24.7 Å². The molecule has 37 heavy (non-hydrogen) atoms. The Morgan fingerprint density at radius 2 is 1.84 bits per heavy atom. The molecule has 0 aliphatic rings. The molecule has 0 aliphatic carbocycles. The van der Waals surface area contributed by atoms with Crippen LogP contribution in [0.5, 0.6) is 5.75 Å². The molecule has 0 atom stereocenters. The number of methoxy groups -OCH3 is 1. The predicted octanol–water partition coefficient (Wildman–Crippen LogP) is 4.65. The standard InChI is InChI=1S/C25H25ClFN3O6S/c1-17-5-11-21(15-22(17)30(32)33)37(34,35)29(23-14-19(26)8-12-24(23)36-2)16-25(31)28-13-3-4-18-6-9-20(27)10-7-18/h5-12,14-15H,3-4,13,16H2,1-2H3,(H,28,31). The SMILES string of the molecule is COc1ccc(Cl)cc1N(CC(=O)NCCCc1ccc(F)cc1)S(=O)(=O)c1ccc(C)c([N+](=O)[O-])c1. The number of carbonyl (C=O) groups is 1. The van der Waals surface area contributed by atoms with Gasteiger partial charge in [0.25, 0.3) is 15.7 Å². The second kappa shape index (κ2) is 12.0. The van der Waals surface area contributed by atoms with Gasteiger partial charge in [0, 0.05) is 23.2 Å². The van der Waals surface area contributed by atoms with Crippen molar-refractivity contribution in [3.8, 4) is 5.75 Å². The summed E-state index contributed by atoms with van der Waals surface area (Å²) in [6, 6.07) is 13.8. The second-order valence-corrected chi connectivity index (χ2v) is 10.4. The molecule has 3 aromatic rings. The van der Waals surface area contributed by atoms with Gasteiger partial charge in [0.05, 0.1) is 22.6 Å². The molecule has 0 aromatic heterocycles. The fourth-order valence-electron chi connectivity index (χ4n) is 3.59. The molecule has 12 heteroatoms. The summed E-state index contributed by atoms with van der Waals surface area (Å²) >= 11 is 6.12. The van der Waals surface area contributed by atoms with E-state index in [-0.39, 0.29) is 45.0 Å². The van der Waals surface area contributed by atoms with Crippen molar-refractivity contribution in [3.63, 3.8) is 0 Å². The van der Waals surface area contributed by atoms with Crippen molar-refractivity contribution >= 4 is 38.9 Å². The maximum Gasteiger partial charge on any atom is 0.273 e. The molecule has 9 nitrogen and oxygen atoms in total. The van der Waals surface area contributed by atoms with Crippen LogP contribution in [0.3, 0.4) is 0 Å². The Morgan fingerprint density at radius 1 is 1.14 bits per heavy atom. The van der Waals surface area contributed by atoms with Gasteiger partial charge in [0.15, 0.2) is 0 Å². The maximum absolute atomic E-state index is 13.7. The number of hydrogen-bond donors (Lipinski definition) is 1. The average molecular weight is 550 g/mol. The normalized spacial score (nSPS) is 11.1. The van der Waals surface area contributed by atoms with Gasteiger partial charge >= 0.3 is 0 Å². The summed E-state index contributed by atoms with van der Waals surface area (Å²) in [5, 5.41) is 14.3. The zero-order chi connectivity index (χ0) is 27.2. The molecule has 0 aliphatic heterocycles. The van der Waals surface area contributed by atoms with Gasteiger partial charge < -0.3 is 10.1 Å².